The molecule has 1 aliphatic rings. The third-order valence-electron chi connectivity index (χ3n) is 3.63. The molecule has 3 rings (SSSR count). The van der Waals surface area contributed by atoms with Crippen LogP contribution in [-0.4, -0.2) is 32.1 Å². The van der Waals surface area contributed by atoms with E-state index in [1.807, 2.05) is 36.4 Å². The predicted octanol–water partition coefficient (Wildman–Crippen LogP) is 2.95. The first-order valence-electron chi connectivity index (χ1n) is 7.44. The highest BCUT2D eigenvalue weighted by Gasteiger charge is 2.43. The average molecular weight is 314 g/mol. The molecule has 5 heteroatoms. The molecule has 0 spiro atoms. The molecule has 23 heavy (non-hydrogen) atoms. The lowest BCUT2D eigenvalue weighted by Crippen LogP contribution is -2.14. The number of aromatic nitrogens is 1. The highest BCUT2D eigenvalue weighted by atomic mass is 16.5. The van der Waals surface area contributed by atoms with Crippen molar-refractivity contribution in [1.29, 1.82) is 0 Å². The third-order valence-corrected chi connectivity index (χ3v) is 3.63. The summed E-state index contributed by atoms with van der Waals surface area (Å²) >= 11 is 0. The van der Waals surface area contributed by atoms with Crippen molar-refractivity contribution in [2.45, 2.75) is 12.8 Å². The number of methoxy groups -OCH3 is 1. The van der Waals surface area contributed by atoms with Crippen molar-refractivity contribution < 1.29 is 14.3 Å². The Morgan fingerprint density at radius 3 is 2.22 bits per heavy atom. The third kappa shape index (κ3) is 4.79. The van der Waals surface area contributed by atoms with E-state index in [-0.39, 0.29) is 5.41 Å². The predicted molar refractivity (Wildman–Crippen MR) is 90.2 cm³/mol. The normalized spacial score (nSPS) is 14.3. The van der Waals surface area contributed by atoms with Crippen LogP contribution >= 0.6 is 0 Å². The van der Waals surface area contributed by atoms with Gasteiger partial charge in [-0.1, -0.05) is 12.1 Å². The second kappa shape index (κ2) is 7.74. The second-order valence-electron chi connectivity index (χ2n) is 5.68. The highest BCUT2D eigenvalue weighted by molar-refractivity contribution is 5.65. The van der Waals surface area contributed by atoms with E-state index in [0.29, 0.717) is 12.5 Å². The van der Waals surface area contributed by atoms with E-state index in [2.05, 4.69) is 9.72 Å². The summed E-state index contributed by atoms with van der Waals surface area (Å²) in [6, 6.07) is 11.4. The van der Waals surface area contributed by atoms with Crippen LogP contribution < -0.4 is 10.5 Å². The smallest absolute Gasteiger partial charge is 0.213 e. The fourth-order valence-corrected chi connectivity index (χ4v) is 1.99. The van der Waals surface area contributed by atoms with Crippen LogP contribution in [0.25, 0.3) is 11.1 Å². The van der Waals surface area contributed by atoms with Gasteiger partial charge >= 0.3 is 0 Å². The lowest BCUT2D eigenvalue weighted by molar-refractivity contribution is -0.113. The van der Waals surface area contributed by atoms with E-state index >= 15 is 0 Å². The Morgan fingerprint density at radius 2 is 1.74 bits per heavy atom. The first-order chi connectivity index (χ1) is 11.1. The van der Waals surface area contributed by atoms with Gasteiger partial charge in [0.15, 0.2) is 0 Å². The Balaban J connectivity index is 0.000000595. The minimum Gasteiger partial charge on any atom is -0.477 e. The minimum atomic E-state index is -0.253. The number of hydrogen-bond donors (Lipinski definition) is 1. The number of nitrogens with zero attached hydrogens (tertiary/aromatic N) is 1. The Labute approximate surface area is 136 Å². The van der Waals surface area contributed by atoms with Crippen molar-refractivity contribution in [3.05, 3.63) is 42.6 Å². The van der Waals surface area contributed by atoms with Crippen molar-refractivity contribution in [2.24, 2.45) is 5.41 Å². The highest BCUT2D eigenvalue weighted by Crippen LogP contribution is 2.43. The first-order valence-corrected chi connectivity index (χ1v) is 7.44. The average Bonchev–Trinajstić information content (AvgIpc) is 3.36. The lowest BCUT2D eigenvalue weighted by Gasteiger charge is -2.09. The Hall–Kier alpha value is -2.40. The van der Waals surface area contributed by atoms with Crippen LogP contribution in [0.5, 0.6) is 5.88 Å². The quantitative estimate of drug-likeness (QED) is 0.678. The van der Waals surface area contributed by atoms with Crippen LogP contribution in [0.1, 0.15) is 12.8 Å². The molecule has 5 nitrogen and oxygen atoms in total. The van der Waals surface area contributed by atoms with Gasteiger partial charge in [0.1, 0.15) is 12.9 Å². The zero-order valence-electron chi connectivity index (χ0n) is 13.5. The van der Waals surface area contributed by atoms with Gasteiger partial charge in [-0.25, -0.2) is 4.98 Å². The van der Waals surface area contributed by atoms with Gasteiger partial charge in [0.25, 0.3) is 0 Å². The van der Waals surface area contributed by atoms with Gasteiger partial charge in [-0.05, 0) is 36.6 Å². The number of aldehydes is 1. The molecule has 1 aromatic heterocycles. The molecule has 122 valence electrons. The number of ether oxygens (including phenoxy) is 2. The van der Waals surface area contributed by atoms with Crippen LogP contribution in [0.15, 0.2) is 42.6 Å². The largest absolute Gasteiger partial charge is 0.477 e. The molecule has 2 N–H and O–H groups in total. The molecule has 0 aliphatic heterocycles. The fraction of sp³-hybridized carbons (Fsp3) is 0.333. The van der Waals surface area contributed by atoms with Gasteiger partial charge in [-0.15, -0.1) is 0 Å². The van der Waals surface area contributed by atoms with Crippen molar-refractivity contribution in [2.75, 3.05) is 26.6 Å². The van der Waals surface area contributed by atoms with Gasteiger partial charge in [-0.3, -0.25) is 0 Å². The van der Waals surface area contributed by atoms with Crippen LogP contribution in [-0.2, 0) is 9.53 Å². The molecule has 0 saturated heterocycles. The lowest BCUT2D eigenvalue weighted by atomic mass is 10.1. The molecule has 2 aromatic rings. The number of hydrogen-bond acceptors (Lipinski definition) is 5. The minimum absolute atomic E-state index is 0.253. The molecular weight excluding hydrogens is 292 g/mol. The number of nitrogens with two attached hydrogens (primary N) is 1. The van der Waals surface area contributed by atoms with E-state index < -0.39 is 0 Å². The Morgan fingerprint density at radius 1 is 1.13 bits per heavy atom. The molecule has 1 aromatic carbocycles. The van der Waals surface area contributed by atoms with Crippen molar-refractivity contribution >= 4 is 12.0 Å². The summed E-state index contributed by atoms with van der Waals surface area (Å²) in [5.41, 5.74) is 8.22. The summed E-state index contributed by atoms with van der Waals surface area (Å²) in [4.78, 5) is 15.1. The first kappa shape index (κ1) is 17.0. The van der Waals surface area contributed by atoms with Crippen LogP contribution in [0, 0.1) is 5.41 Å². The van der Waals surface area contributed by atoms with Gasteiger partial charge < -0.3 is 20.0 Å². The molecule has 1 fully saturated rings. The second-order valence-corrected chi connectivity index (χ2v) is 5.68. The van der Waals surface area contributed by atoms with Crippen LogP contribution in [0.4, 0.5) is 5.69 Å². The summed E-state index contributed by atoms with van der Waals surface area (Å²) < 4.78 is 9.82. The zero-order chi connectivity index (χ0) is 16.7. The van der Waals surface area contributed by atoms with Gasteiger partial charge in [-0.2, -0.15) is 0 Å². The maximum Gasteiger partial charge on any atom is 0.213 e. The summed E-state index contributed by atoms with van der Waals surface area (Å²) in [7, 11) is 3.25. The summed E-state index contributed by atoms with van der Waals surface area (Å²) in [6.07, 6.45) is 4.59. The van der Waals surface area contributed by atoms with E-state index in [9.17, 15) is 4.79 Å². The maximum absolute atomic E-state index is 10.9. The van der Waals surface area contributed by atoms with Crippen molar-refractivity contribution in [1.82, 2.24) is 4.98 Å². The number of carbonyl (C=O) groups excluding carboxylic acids is 1. The summed E-state index contributed by atoms with van der Waals surface area (Å²) in [5.74, 6) is 0.553. The SMILES string of the molecule is COC.Nc1ccc(-c2ccc(OCC3(C=O)CC3)nc2)cc1. The summed E-state index contributed by atoms with van der Waals surface area (Å²) in [5, 5.41) is 0. The monoisotopic (exact) mass is 314 g/mol. The number of pyridine rings is 1. The fourth-order valence-electron chi connectivity index (χ4n) is 1.99. The molecule has 0 amide bonds. The summed E-state index contributed by atoms with van der Waals surface area (Å²) in [6.45, 7) is 0.421. The molecule has 1 heterocycles. The number of nitrogen functional groups attached to an aromatic ring is 1. The zero-order valence-corrected chi connectivity index (χ0v) is 13.5. The molecule has 1 saturated carbocycles. The molecule has 0 atom stereocenters. The number of anilines is 1. The van der Waals surface area contributed by atoms with E-state index in [1.165, 1.54) is 0 Å². The molecular formula is C18H22N2O3. The standard InChI is InChI=1S/C16H16N2O2.C2H6O/c17-14-4-1-12(2-5-14)13-3-6-15(18-9-13)20-11-16(10-19)7-8-16;1-3-2/h1-6,9-10H,7-8,11,17H2;1-2H3. The van der Waals surface area contributed by atoms with Crippen molar-refractivity contribution in [3.63, 3.8) is 0 Å². The number of carbonyl (C=O) groups is 1. The van der Waals surface area contributed by atoms with Crippen molar-refractivity contribution in [3.8, 4) is 17.0 Å². The van der Waals surface area contributed by atoms with Gasteiger partial charge in [0, 0.05) is 37.7 Å². The number of rotatable bonds is 5. The van der Waals surface area contributed by atoms with Gasteiger partial charge in [0.05, 0.1) is 5.41 Å². The van der Waals surface area contributed by atoms with E-state index in [0.717, 1.165) is 35.9 Å². The van der Waals surface area contributed by atoms with E-state index in [4.69, 9.17) is 10.5 Å². The van der Waals surface area contributed by atoms with Crippen LogP contribution in [0.3, 0.4) is 0 Å². The van der Waals surface area contributed by atoms with Crippen LogP contribution in [0.2, 0.25) is 0 Å². The molecule has 1 aliphatic carbocycles. The Bertz CT molecular complexity index is 620. The van der Waals surface area contributed by atoms with Gasteiger partial charge in [0.2, 0.25) is 5.88 Å². The maximum atomic E-state index is 10.9. The molecule has 0 radical (unpaired) electrons. The topological polar surface area (TPSA) is 74.4 Å². The molecule has 0 bridgehead atoms. The number of benzene rings is 1. The Kier molecular flexibility index (Phi) is 5.71. The van der Waals surface area contributed by atoms with E-state index in [1.54, 1.807) is 20.4 Å². The molecule has 0 unspecified atom stereocenters.